The van der Waals surface area contributed by atoms with Gasteiger partial charge in [-0.1, -0.05) is 30.3 Å². The van der Waals surface area contributed by atoms with Gasteiger partial charge in [-0.25, -0.2) is 4.79 Å². The maximum Gasteiger partial charge on any atom is 0.334 e. The van der Waals surface area contributed by atoms with E-state index in [0.717, 1.165) is 5.56 Å². The van der Waals surface area contributed by atoms with Crippen molar-refractivity contribution >= 4 is 11.9 Å². The van der Waals surface area contributed by atoms with Crippen molar-refractivity contribution in [3.05, 3.63) is 35.9 Å². The van der Waals surface area contributed by atoms with Crippen LogP contribution in [0.1, 0.15) is 5.56 Å². The SMILES string of the molecule is NC(Cc1ccccc1)C(=O)N1CCOC(C(=O)O)C1. The molecule has 0 spiro atoms. The summed E-state index contributed by atoms with van der Waals surface area (Å²) in [5.74, 6) is -1.29. The average Bonchev–Trinajstić information content (AvgIpc) is 2.47. The predicted octanol–water partition coefficient (Wildman–Crippen LogP) is -0.132. The topological polar surface area (TPSA) is 92.9 Å². The minimum absolute atomic E-state index is 0.0522. The van der Waals surface area contributed by atoms with Crippen molar-refractivity contribution in [3.63, 3.8) is 0 Å². The van der Waals surface area contributed by atoms with Gasteiger partial charge in [0.1, 0.15) is 0 Å². The number of nitrogens with zero attached hydrogens (tertiary/aromatic N) is 1. The fourth-order valence-corrected chi connectivity index (χ4v) is 2.19. The van der Waals surface area contributed by atoms with Crippen LogP contribution in [0.2, 0.25) is 0 Å². The normalized spacial score (nSPS) is 20.4. The van der Waals surface area contributed by atoms with E-state index < -0.39 is 18.1 Å². The van der Waals surface area contributed by atoms with Crippen LogP contribution in [0.3, 0.4) is 0 Å². The third-order valence-corrected chi connectivity index (χ3v) is 3.27. The van der Waals surface area contributed by atoms with E-state index in [9.17, 15) is 9.59 Å². The lowest BCUT2D eigenvalue weighted by Crippen LogP contribution is -2.53. The zero-order valence-corrected chi connectivity index (χ0v) is 11.1. The number of benzene rings is 1. The van der Waals surface area contributed by atoms with E-state index in [1.165, 1.54) is 4.90 Å². The molecule has 1 aliphatic heterocycles. The first-order chi connectivity index (χ1) is 9.58. The lowest BCUT2D eigenvalue weighted by molar-refractivity contribution is -0.159. The predicted molar refractivity (Wildman–Crippen MR) is 72.1 cm³/mol. The van der Waals surface area contributed by atoms with Crippen LogP contribution >= 0.6 is 0 Å². The molecule has 0 radical (unpaired) electrons. The summed E-state index contributed by atoms with van der Waals surface area (Å²) in [4.78, 5) is 24.6. The Labute approximate surface area is 117 Å². The molecule has 6 heteroatoms. The summed E-state index contributed by atoms with van der Waals surface area (Å²) in [7, 11) is 0. The number of carbonyl (C=O) groups excluding carboxylic acids is 1. The fraction of sp³-hybridized carbons (Fsp3) is 0.429. The molecule has 1 fully saturated rings. The number of morpholine rings is 1. The van der Waals surface area contributed by atoms with Gasteiger partial charge in [0, 0.05) is 6.54 Å². The lowest BCUT2D eigenvalue weighted by Gasteiger charge is -2.32. The molecule has 1 aromatic carbocycles. The average molecular weight is 278 g/mol. The molecule has 2 rings (SSSR count). The number of hydrogen-bond donors (Lipinski definition) is 2. The summed E-state index contributed by atoms with van der Waals surface area (Å²) >= 11 is 0. The standard InChI is InChI=1S/C14H18N2O4/c15-11(8-10-4-2-1-3-5-10)13(17)16-6-7-20-12(9-16)14(18)19/h1-5,11-12H,6-9,15H2,(H,18,19). The third-order valence-electron chi connectivity index (χ3n) is 3.27. The van der Waals surface area contributed by atoms with Gasteiger partial charge in [0.05, 0.1) is 19.2 Å². The molecule has 6 nitrogen and oxygen atoms in total. The Morgan fingerprint density at radius 2 is 2.10 bits per heavy atom. The van der Waals surface area contributed by atoms with Gasteiger partial charge in [-0.2, -0.15) is 0 Å². The molecular formula is C14H18N2O4. The van der Waals surface area contributed by atoms with Crippen LogP contribution in [0.25, 0.3) is 0 Å². The lowest BCUT2D eigenvalue weighted by atomic mass is 10.1. The van der Waals surface area contributed by atoms with Crippen LogP contribution in [-0.4, -0.2) is 53.7 Å². The zero-order chi connectivity index (χ0) is 14.5. The molecule has 108 valence electrons. The summed E-state index contributed by atoms with van der Waals surface area (Å²) in [5, 5.41) is 8.92. The van der Waals surface area contributed by atoms with Crippen molar-refractivity contribution in [2.24, 2.45) is 5.73 Å². The monoisotopic (exact) mass is 278 g/mol. The highest BCUT2D eigenvalue weighted by molar-refractivity contribution is 5.83. The van der Waals surface area contributed by atoms with Crippen molar-refractivity contribution < 1.29 is 19.4 Å². The number of nitrogens with two attached hydrogens (primary N) is 1. The zero-order valence-electron chi connectivity index (χ0n) is 11.1. The fourth-order valence-electron chi connectivity index (χ4n) is 2.19. The first kappa shape index (κ1) is 14.5. The summed E-state index contributed by atoms with van der Waals surface area (Å²) < 4.78 is 5.08. The Morgan fingerprint density at radius 1 is 1.40 bits per heavy atom. The number of ether oxygens (including phenoxy) is 1. The second kappa shape index (κ2) is 6.49. The Kier molecular flexibility index (Phi) is 4.70. The van der Waals surface area contributed by atoms with Crippen molar-refractivity contribution in [2.75, 3.05) is 19.7 Å². The molecule has 3 N–H and O–H groups in total. The molecule has 0 bridgehead atoms. The highest BCUT2D eigenvalue weighted by atomic mass is 16.5. The van der Waals surface area contributed by atoms with E-state index in [2.05, 4.69) is 0 Å². The highest BCUT2D eigenvalue weighted by Crippen LogP contribution is 2.09. The number of rotatable bonds is 4. The van der Waals surface area contributed by atoms with Gasteiger partial charge in [0.15, 0.2) is 6.10 Å². The van der Waals surface area contributed by atoms with Crippen molar-refractivity contribution in [3.8, 4) is 0 Å². The van der Waals surface area contributed by atoms with E-state index in [-0.39, 0.29) is 19.1 Å². The second-order valence-corrected chi connectivity index (χ2v) is 4.78. The van der Waals surface area contributed by atoms with Gasteiger partial charge in [-0.3, -0.25) is 4.79 Å². The molecule has 1 saturated heterocycles. The van der Waals surface area contributed by atoms with Crippen LogP contribution < -0.4 is 5.73 Å². The van der Waals surface area contributed by atoms with Gasteiger partial charge in [-0.05, 0) is 12.0 Å². The minimum atomic E-state index is -1.06. The van der Waals surface area contributed by atoms with Crippen LogP contribution in [0, 0.1) is 0 Å². The molecule has 1 amide bonds. The van der Waals surface area contributed by atoms with E-state index in [0.29, 0.717) is 13.0 Å². The molecule has 1 aromatic rings. The number of aliphatic carboxylic acids is 1. The molecule has 1 heterocycles. The molecule has 1 aliphatic rings. The van der Waals surface area contributed by atoms with Gasteiger partial charge in [0.25, 0.3) is 0 Å². The maximum atomic E-state index is 12.2. The molecule has 0 aliphatic carbocycles. The Balaban J connectivity index is 1.94. The molecular weight excluding hydrogens is 260 g/mol. The van der Waals surface area contributed by atoms with E-state index >= 15 is 0 Å². The van der Waals surface area contributed by atoms with Crippen molar-refractivity contribution in [1.29, 1.82) is 0 Å². The van der Waals surface area contributed by atoms with Gasteiger partial charge < -0.3 is 20.5 Å². The van der Waals surface area contributed by atoms with E-state index in [4.69, 9.17) is 15.6 Å². The minimum Gasteiger partial charge on any atom is -0.479 e. The van der Waals surface area contributed by atoms with Crippen LogP contribution in [0.5, 0.6) is 0 Å². The van der Waals surface area contributed by atoms with Gasteiger partial charge in [0.2, 0.25) is 5.91 Å². The number of hydrogen-bond acceptors (Lipinski definition) is 4. The van der Waals surface area contributed by atoms with E-state index in [1.54, 1.807) is 0 Å². The van der Waals surface area contributed by atoms with Crippen LogP contribution in [-0.2, 0) is 20.7 Å². The Bertz CT molecular complexity index is 477. The number of carboxylic acid groups (broad SMARTS) is 1. The van der Waals surface area contributed by atoms with Gasteiger partial charge in [-0.15, -0.1) is 0 Å². The molecule has 0 aromatic heterocycles. The summed E-state index contributed by atoms with van der Waals surface area (Å²) in [6.07, 6.45) is -0.522. The largest absolute Gasteiger partial charge is 0.479 e. The number of amides is 1. The highest BCUT2D eigenvalue weighted by Gasteiger charge is 2.31. The molecule has 20 heavy (non-hydrogen) atoms. The maximum absolute atomic E-state index is 12.2. The van der Waals surface area contributed by atoms with Gasteiger partial charge >= 0.3 is 5.97 Å². The molecule has 2 atom stereocenters. The third kappa shape index (κ3) is 3.55. The molecule has 0 saturated carbocycles. The summed E-state index contributed by atoms with van der Waals surface area (Å²) in [6.45, 7) is 0.655. The Hall–Kier alpha value is -1.92. The second-order valence-electron chi connectivity index (χ2n) is 4.78. The Morgan fingerprint density at radius 3 is 2.75 bits per heavy atom. The summed E-state index contributed by atoms with van der Waals surface area (Å²) in [6, 6.07) is 8.84. The quantitative estimate of drug-likeness (QED) is 0.800. The van der Waals surface area contributed by atoms with Crippen LogP contribution in [0.4, 0.5) is 0 Å². The number of carboxylic acids is 1. The number of carbonyl (C=O) groups is 2. The summed E-state index contributed by atoms with van der Waals surface area (Å²) in [5.41, 5.74) is 6.90. The van der Waals surface area contributed by atoms with Crippen LogP contribution in [0.15, 0.2) is 30.3 Å². The smallest absolute Gasteiger partial charge is 0.334 e. The first-order valence-corrected chi connectivity index (χ1v) is 6.50. The van der Waals surface area contributed by atoms with E-state index in [1.807, 2.05) is 30.3 Å². The molecule has 2 unspecified atom stereocenters. The van der Waals surface area contributed by atoms with Crippen molar-refractivity contribution in [1.82, 2.24) is 4.90 Å². The first-order valence-electron chi connectivity index (χ1n) is 6.50. The van der Waals surface area contributed by atoms with Crippen molar-refractivity contribution in [2.45, 2.75) is 18.6 Å².